The zero-order valence-electron chi connectivity index (χ0n) is 10.9. The van der Waals surface area contributed by atoms with Crippen molar-refractivity contribution in [3.8, 4) is 5.75 Å². The van der Waals surface area contributed by atoms with E-state index in [1.165, 1.54) is 12.7 Å². The topological polar surface area (TPSA) is 84.9 Å². The van der Waals surface area contributed by atoms with E-state index in [1.54, 1.807) is 13.3 Å². The van der Waals surface area contributed by atoms with Crippen LogP contribution >= 0.6 is 0 Å². The van der Waals surface area contributed by atoms with E-state index in [4.69, 9.17) is 4.74 Å². The Morgan fingerprint density at radius 2 is 1.89 bits per heavy atom. The van der Waals surface area contributed by atoms with Gasteiger partial charge in [-0.15, -0.1) is 0 Å². The van der Waals surface area contributed by atoms with Gasteiger partial charge in [0.15, 0.2) is 11.6 Å². The first-order chi connectivity index (χ1) is 9.35. The van der Waals surface area contributed by atoms with Gasteiger partial charge < -0.3 is 15.4 Å². The SMILES string of the molecule is CCNc1ncnc(NCc2ccncn2)c1OC. The summed E-state index contributed by atoms with van der Waals surface area (Å²) in [4.78, 5) is 16.3. The first-order valence-corrected chi connectivity index (χ1v) is 5.96. The lowest BCUT2D eigenvalue weighted by Gasteiger charge is -2.13. The summed E-state index contributed by atoms with van der Waals surface area (Å²) in [7, 11) is 1.59. The smallest absolute Gasteiger partial charge is 0.204 e. The molecule has 0 amide bonds. The Hall–Kier alpha value is -2.44. The summed E-state index contributed by atoms with van der Waals surface area (Å²) in [5.41, 5.74) is 0.876. The van der Waals surface area contributed by atoms with Crippen molar-refractivity contribution in [2.24, 2.45) is 0 Å². The maximum atomic E-state index is 5.33. The van der Waals surface area contributed by atoms with Gasteiger partial charge in [-0.05, 0) is 13.0 Å². The Bertz CT molecular complexity index is 519. The first kappa shape index (κ1) is 13.0. The van der Waals surface area contributed by atoms with Gasteiger partial charge in [-0.3, -0.25) is 0 Å². The van der Waals surface area contributed by atoms with Crippen molar-refractivity contribution in [1.29, 1.82) is 0 Å². The third-order valence-electron chi connectivity index (χ3n) is 2.43. The van der Waals surface area contributed by atoms with Crippen molar-refractivity contribution >= 4 is 11.6 Å². The van der Waals surface area contributed by atoms with Crippen LogP contribution in [0.15, 0.2) is 24.9 Å². The number of nitrogens with zero attached hydrogens (tertiary/aromatic N) is 4. The lowest BCUT2D eigenvalue weighted by molar-refractivity contribution is 0.414. The van der Waals surface area contributed by atoms with E-state index in [1.807, 2.05) is 13.0 Å². The maximum absolute atomic E-state index is 5.33. The number of methoxy groups -OCH3 is 1. The van der Waals surface area contributed by atoms with Crippen LogP contribution in [0.3, 0.4) is 0 Å². The minimum Gasteiger partial charge on any atom is -0.490 e. The molecule has 2 aromatic rings. The highest BCUT2D eigenvalue weighted by molar-refractivity contribution is 5.63. The van der Waals surface area contributed by atoms with Crippen LogP contribution in [-0.2, 0) is 6.54 Å². The molecule has 0 fully saturated rings. The molecule has 7 heteroatoms. The van der Waals surface area contributed by atoms with Crippen LogP contribution in [0.4, 0.5) is 11.6 Å². The average molecular weight is 260 g/mol. The molecule has 0 atom stereocenters. The van der Waals surface area contributed by atoms with Crippen LogP contribution in [0.25, 0.3) is 0 Å². The summed E-state index contributed by atoms with van der Waals surface area (Å²) >= 11 is 0. The van der Waals surface area contributed by atoms with Crippen molar-refractivity contribution in [2.75, 3.05) is 24.3 Å². The summed E-state index contributed by atoms with van der Waals surface area (Å²) in [6.45, 7) is 3.30. The van der Waals surface area contributed by atoms with Gasteiger partial charge >= 0.3 is 0 Å². The molecule has 0 aromatic carbocycles. The summed E-state index contributed by atoms with van der Waals surface area (Å²) in [5, 5.41) is 6.30. The first-order valence-electron chi connectivity index (χ1n) is 5.96. The number of ether oxygens (including phenoxy) is 1. The molecule has 2 rings (SSSR count). The van der Waals surface area contributed by atoms with Crippen LogP contribution in [-0.4, -0.2) is 33.6 Å². The normalized spacial score (nSPS) is 10.0. The Morgan fingerprint density at radius 3 is 2.53 bits per heavy atom. The molecule has 0 unspecified atom stereocenters. The van der Waals surface area contributed by atoms with Gasteiger partial charge in [0.2, 0.25) is 5.75 Å². The highest BCUT2D eigenvalue weighted by Gasteiger charge is 2.11. The van der Waals surface area contributed by atoms with Crippen LogP contribution in [0.2, 0.25) is 0 Å². The Balaban J connectivity index is 2.13. The lowest BCUT2D eigenvalue weighted by atomic mass is 10.4. The molecule has 2 heterocycles. The number of hydrogen-bond donors (Lipinski definition) is 2. The number of nitrogens with one attached hydrogen (secondary N) is 2. The fourth-order valence-electron chi connectivity index (χ4n) is 1.58. The Kier molecular flexibility index (Phi) is 4.44. The molecule has 0 radical (unpaired) electrons. The van der Waals surface area contributed by atoms with Crippen LogP contribution in [0, 0.1) is 0 Å². The van der Waals surface area contributed by atoms with Gasteiger partial charge in [-0.2, -0.15) is 0 Å². The zero-order valence-corrected chi connectivity index (χ0v) is 10.9. The van der Waals surface area contributed by atoms with E-state index in [-0.39, 0.29) is 0 Å². The van der Waals surface area contributed by atoms with Crippen molar-refractivity contribution < 1.29 is 4.74 Å². The molecule has 2 aromatic heterocycles. The maximum Gasteiger partial charge on any atom is 0.204 e. The zero-order chi connectivity index (χ0) is 13.5. The molecule has 2 N–H and O–H groups in total. The van der Waals surface area contributed by atoms with Gasteiger partial charge in [0.25, 0.3) is 0 Å². The minimum atomic E-state index is 0.543. The van der Waals surface area contributed by atoms with Crippen molar-refractivity contribution in [3.05, 3.63) is 30.6 Å². The molecule has 0 aliphatic carbocycles. The highest BCUT2D eigenvalue weighted by atomic mass is 16.5. The number of anilines is 2. The van der Waals surface area contributed by atoms with Gasteiger partial charge in [0.05, 0.1) is 19.3 Å². The number of rotatable bonds is 6. The molecule has 0 aliphatic rings. The molecule has 0 bridgehead atoms. The average Bonchev–Trinajstić information content (AvgIpc) is 2.46. The summed E-state index contributed by atoms with van der Waals surface area (Å²) in [6, 6.07) is 1.84. The van der Waals surface area contributed by atoms with Gasteiger partial charge in [-0.1, -0.05) is 0 Å². The second kappa shape index (κ2) is 6.48. The van der Waals surface area contributed by atoms with Crippen LogP contribution in [0.5, 0.6) is 5.75 Å². The fraction of sp³-hybridized carbons (Fsp3) is 0.333. The molecule has 7 nitrogen and oxygen atoms in total. The molecule has 0 saturated heterocycles. The molecule has 100 valence electrons. The van der Waals surface area contributed by atoms with E-state index in [0.717, 1.165) is 12.2 Å². The van der Waals surface area contributed by atoms with E-state index in [0.29, 0.717) is 23.9 Å². The van der Waals surface area contributed by atoms with E-state index >= 15 is 0 Å². The van der Waals surface area contributed by atoms with Gasteiger partial charge in [0, 0.05) is 12.7 Å². The van der Waals surface area contributed by atoms with Crippen LogP contribution in [0.1, 0.15) is 12.6 Å². The van der Waals surface area contributed by atoms with Crippen LogP contribution < -0.4 is 15.4 Å². The largest absolute Gasteiger partial charge is 0.490 e. The second-order valence-corrected chi connectivity index (χ2v) is 3.69. The van der Waals surface area contributed by atoms with Gasteiger partial charge in [0.1, 0.15) is 12.7 Å². The number of aromatic nitrogens is 4. The monoisotopic (exact) mass is 260 g/mol. The van der Waals surface area contributed by atoms with Crippen molar-refractivity contribution in [1.82, 2.24) is 19.9 Å². The molecule has 0 saturated carbocycles. The predicted molar refractivity (Wildman–Crippen MR) is 72.1 cm³/mol. The van der Waals surface area contributed by atoms with Gasteiger partial charge in [-0.25, -0.2) is 19.9 Å². The molecular formula is C12H16N6O. The van der Waals surface area contributed by atoms with E-state index in [9.17, 15) is 0 Å². The fourth-order valence-corrected chi connectivity index (χ4v) is 1.58. The third kappa shape index (κ3) is 3.27. The van der Waals surface area contributed by atoms with E-state index < -0.39 is 0 Å². The minimum absolute atomic E-state index is 0.543. The third-order valence-corrected chi connectivity index (χ3v) is 2.43. The van der Waals surface area contributed by atoms with Crippen molar-refractivity contribution in [2.45, 2.75) is 13.5 Å². The Labute approximate surface area is 111 Å². The molecular weight excluding hydrogens is 244 g/mol. The summed E-state index contributed by atoms with van der Waals surface area (Å²) in [6.07, 6.45) is 4.70. The Morgan fingerprint density at radius 1 is 1.11 bits per heavy atom. The molecule has 0 aliphatic heterocycles. The number of hydrogen-bond acceptors (Lipinski definition) is 7. The molecule has 0 spiro atoms. The summed E-state index contributed by atoms with van der Waals surface area (Å²) < 4.78 is 5.33. The lowest BCUT2D eigenvalue weighted by Crippen LogP contribution is -2.08. The quantitative estimate of drug-likeness (QED) is 0.810. The second-order valence-electron chi connectivity index (χ2n) is 3.69. The highest BCUT2D eigenvalue weighted by Crippen LogP contribution is 2.28. The van der Waals surface area contributed by atoms with Crippen molar-refractivity contribution in [3.63, 3.8) is 0 Å². The van der Waals surface area contributed by atoms with E-state index in [2.05, 4.69) is 30.6 Å². The molecule has 19 heavy (non-hydrogen) atoms. The standard InChI is InChI=1S/C12H16N6O/c1-3-14-11-10(19-2)12(18-8-17-11)15-6-9-4-5-13-7-16-9/h4-5,7-8H,3,6H2,1-2H3,(H2,14,15,17,18). The summed E-state index contributed by atoms with van der Waals surface area (Å²) in [5.74, 6) is 1.90. The predicted octanol–water partition coefficient (Wildman–Crippen LogP) is 1.32.